The SMILES string of the molecule is COC(=O)c1cc(-c2cccc(C(=O)O)c2)on1. The largest absolute Gasteiger partial charge is 0.478 e. The molecule has 0 amide bonds. The number of esters is 1. The first-order valence-corrected chi connectivity index (χ1v) is 5.00. The van der Waals surface area contributed by atoms with Crippen LogP contribution in [0.4, 0.5) is 0 Å². The van der Waals surface area contributed by atoms with E-state index in [0.717, 1.165) is 0 Å². The average Bonchev–Trinajstić information content (AvgIpc) is 2.87. The number of carbonyl (C=O) groups is 2. The van der Waals surface area contributed by atoms with Gasteiger partial charge in [0.15, 0.2) is 11.5 Å². The van der Waals surface area contributed by atoms with Gasteiger partial charge in [0.1, 0.15) is 0 Å². The quantitative estimate of drug-likeness (QED) is 0.832. The van der Waals surface area contributed by atoms with E-state index in [-0.39, 0.29) is 11.3 Å². The number of ether oxygens (including phenoxy) is 1. The lowest BCUT2D eigenvalue weighted by molar-refractivity contribution is 0.0588. The van der Waals surface area contributed by atoms with E-state index >= 15 is 0 Å². The van der Waals surface area contributed by atoms with Gasteiger partial charge in [-0.1, -0.05) is 17.3 Å². The fraction of sp³-hybridized carbons (Fsp3) is 0.0833. The Bertz CT molecular complexity index is 602. The van der Waals surface area contributed by atoms with Crippen molar-refractivity contribution in [1.29, 1.82) is 0 Å². The third kappa shape index (κ3) is 2.22. The van der Waals surface area contributed by atoms with Crippen molar-refractivity contribution < 1.29 is 24.0 Å². The second-order valence-corrected chi connectivity index (χ2v) is 3.45. The number of rotatable bonds is 3. The minimum Gasteiger partial charge on any atom is -0.478 e. The molecule has 0 atom stereocenters. The summed E-state index contributed by atoms with van der Waals surface area (Å²) in [6.07, 6.45) is 0. The van der Waals surface area contributed by atoms with Gasteiger partial charge in [-0.2, -0.15) is 0 Å². The Balaban J connectivity index is 2.37. The smallest absolute Gasteiger partial charge is 0.360 e. The highest BCUT2D eigenvalue weighted by Gasteiger charge is 2.14. The van der Waals surface area contributed by atoms with Crippen LogP contribution in [0.5, 0.6) is 0 Å². The van der Waals surface area contributed by atoms with Gasteiger partial charge in [0.05, 0.1) is 12.7 Å². The summed E-state index contributed by atoms with van der Waals surface area (Å²) in [4.78, 5) is 22.0. The van der Waals surface area contributed by atoms with Crippen LogP contribution in [-0.4, -0.2) is 29.3 Å². The Morgan fingerprint density at radius 3 is 2.78 bits per heavy atom. The summed E-state index contributed by atoms with van der Waals surface area (Å²) in [7, 11) is 1.24. The molecule has 0 aliphatic rings. The molecule has 0 unspecified atom stereocenters. The maximum absolute atomic E-state index is 11.2. The van der Waals surface area contributed by atoms with Crippen molar-refractivity contribution in [3.63, 3.8) is 0 Å². The Kier molecular flexibility index (Phi) is 3.09. The number of carboxylic acids is 1. The van der Waals surface area contributed by atoms with Crippen LogP contribution in [0.15, 0.2) is 34.9 Å². The second-order valence-electron chi connectivity index (χ2n) is 3.45. The fourth-order valence-corrected chi connectivity index (χ4v) is 1.42. The molecule has 0 spiro atoms. The standard InChI is InChI=1S/C12H9NO5/c1-17-12(16)9-6-10(18-13-9)7-3-2-4-8(5-7)11(14)15/h2-6H,1H3,(H,14,15). The Hall–Kier alpha value is -2.63. The number of hydrogen-bond donors (Lipinski definition) is 1. The Morgan fingerprint density at radius 2 is 2.11 bits per heavy atom. The molecule has 2 aromatic rings. The van der Waals surface area contributed by atoms with E-state index in [4.69, 9.17) is 9.63 Å². The van der Waals surface area contributed by atoms with Crippen LogP contribution in [0.3, 0.4) is 0 Å². The van der Waals surface area contributed by atoms with E-state index in [1.165, 1.54) is 25.3 Å². The molecule has 6 nitrogen and oxygen atoms in total. The first kappa shape index (κ1) is 11.8. The van der Waals surface area contributed by atoms with Crippen molar-refractivity contribution in [2.24, 2.45) is 0 Å². The third-order valence-corrected chi connectivity index (χ3v) is 2.30. The van der Waals surface area contributed by atoms with E-state index in [0.29, 0.717) is 11.3 Å². The molecule has 0 aliphatic carbocycles. The third-order valence-electron chi connectivity index (χ3n) is 2.30. The predicted octanol–water partition coefficient (Wildman–Crippen LogP) is 1.83. The van der Waals surface area contributed by atoms with Crippen LogP contribution in [0, 0.1) is 0 Å². The zero-order valence-electron chi connectivity index (χ0n) is 9.41. The van der Waals surface area contributed by atoms with Crippen molar-refractivity contribution in [2.75, 3.05) is 7.11 Å². The van der Waals surface area contributed by atoms with E-state index in [1.807, 2.05) is 0 Å². The summed E-state index contributed by atoms with van der Waals surface area (Å²) in [5.74, 6) is -1.34. The van der Waals surface area contributed by atoms with Crippen LogP contribution in [0.2, 0.25) is 0 Å². The number of carboxylic acid groups (broad SMARTS) is 1. The predicted molar refractivity (Wildman–Crippen MR) is 60.2 cm³/mol. The van der Waals surface area contributed by atoms with Gasteiger partial charge < -0.3 is 14.4 Å². The zero-order chi connectivity index (χ0) is 13.1. The molecule has 18 heavy (non-hydrogen) atoms. The highest BCUT2D eigenvalue weighted by atomic mass is 16.5. The van der Waals surface area contributed by atoms with Gasteiger partial charge in [-0.15, -0.1) is 0 Å². The monoisotopic (exact) mass is 247 g/mol. The van der Waals surface area contributed by atoms with Crippen molar-refractivity contribution in [1.82, 2.24) is 5.16 Å². The lowest BCUT2D eigenvalue weighted by Crippen LogP contribution is -2.00. The maximum Gasteiger partial charge on any atom is 0.360 e. The van der Waals surface area contributed by atoms with Gasteiger partial charge in [0.2, 0.25) is 0 Å². The van der Waals surface area contributed by atoms with E-state index in [1.54, 1.807) is 12.1 Å². The second kappa shape index (κ2) is 4.70. The average molecular weight is 247 g/mol. The van der Waals surface area contributed by atoms with Crippen molar-refractivity contribution in [2.45, 2.75) is 0 Å². The molecule has 1 aromatic heterocycles. The number of aromatic carboxylic acids is 1. The fourth-order valence-electron chi connectivity index (χ4n) is 1.42. The highest BCUT2D eigenvalue weighted by Crippen LogP contribution is 2.21. The van der Waals surface area contributed by atoms with Gasteiger partial charge >= 0.3 is 11.9 Å². The molecule has 6 heteroatoms. The summed E-state index contributed by atoms with van der Waals surface area (Å²) < 4.78 is 9.46. The molecule has 1 N–H and O–H groups in total. The number of benzene rings is 1. The normalized spacial score (nSPS) is 10.1. The van der Waals surface area contributed by atoms with Gasteiger partial charge in [0, 0.05) is 11.6 Å². The first-order valence-electron chi connectivity index (χ1n) is 5.00. The minimum absolute atomic E-state index is 0.0354. The minimum atomic E-state index is -1.04. The van der Waals surface area contributed by atoms with Gasteiger partial charge in [-0.25, -0.2) is 9.59 Å². The molecule has 92 valence electrons. The molecule has 2 rings (SSSR count). The summed E-state index contributed by atoms with van der Waals surface area (Å²) in [6.45, 7) is 0. The van der Waals surface area contributed by atoms with Crippen molar-refractivity contribution in [3.05, 3.63) is 41.6 Å². The first-order chi connectivity index (χ1) is 8.61. The molecule has 0 fully saturated rings. The molecule has 0 saturated heterocycles. The number of carbonyl (C=O) groups excluding carboxylic acids is 1. The van der Waals surface area contributed by atoms with E-state index < -0.39 is 11.9 Å². The summed E-state index contributed by atoms with van der Waals surface area (Å²) >= 11 is 0. The van der Waals surface area contributed by atoms with Crippen molar-refractivity contribution in [3.8, 4) is 11.3 Å². The van der Waals surface area contributed by atoms with E-state index in [2.05, 4.69) is 9.89 Å². The van der Waals surface area contributed by atoms with Gasteiger partial charge in [0.25, 0.3) is 0 Å². The van der Waals surface area contributed by atoms with Gasteiger partial charge in [-0.05, 0) is 12.1 Å². The number of hydrogen-bond acceptors (Lipinski definition) is 5. The lowest BCUT2D eigenvalue weighted by atomic mass is 10.1. The topological polar surface area (TPSA) is 89.6 Å². The zero-order valence-corrected chi connectivity index (χ0v) is 9.41. The molecule has 0 aliphatic heterocycles. The molecule has 1 heterocycles. The molecular formula is C12H9NO5. The summed E-state index contributed by atoms with van der Waals surface area (Å²) in [5, 5.41) is 12.4. The Morgan fingerprint density at radius 1 is 1.33 bits per heavy atom. The van der Waals surface area contributed by atoms with Crippen LogP contribution < -0.4 is 0 Å². The van der Waals surface area contributed by atoms with Crippen LogP contribution in [0.25, 0.3) is 11.3 Å². The molecule has 1 aromatic carbocycles. The summed E-state index contributed by atoms with van der Waals surface area (Å²) in [6, 6.07) is 7.53. The molecule has 0 bridgehead atoms. The van der Waals surface area contributed by atoms with E-state index in [9.17, 15) is 9.59 Å². The number of aromatic nitrogens is 1. The maximum atomic E-state index is 11.2. The van der Waals surface area contributed by atoms with Crippen molar-refractivity contribution >= 4 is 11.9 Å². The lowest BCUT2D eigenvalue weighted by Gasteiger charge is -1.97. The summed E-state index contributed by atoms with van der Waals surface area (Å²) in [5.41, 5.74) is 0.689. The Labute approximate surface area is 102 Å². The highest BCUT2D eigenvalue weighted by molar-refractivity contribution is 5.90. The number of nitrogens with zero attached hydrogens (tertiary/aromatic N) is 1. The van der Waals surface area contributed by atoms with Crippen LogP contribution in [-0.2, 0) is 4.74 Å². The number of methoxy groups -OCH3 is 1. The molecular weight excluding hydrogens is 238 g/mol. The molecule has 0 radical (unpaired) electrons. The van der Waals surface area contributed by atoms with Crippen LogP contribution in [0.1, 0.15) is 20.8 Å². The van der Waals surface area contributed by atoms with Gasteiger partial charge in [-0.3, -0.25) is 0 Å². The molecule has 0 saturated carbocycles. The van der Waals surface area contributed by atoms with Crippen LogP contribution >= 0.6 is 0 Å².